The van der Waals surface area contributed by atoms with Gasteiger partial charge in [-0.05, 0) is 25.7 Å². The lowest BCUT2D eigenvalue weighted by molar-refractivity contribution is -0.953. The molecule has 1 heteroatoms. The molecule has 0 amide bonds. The number of nitrogens with zero attached hydrogens (tertiary/aromatic N) is 1. The molecule has 0 aliphatic carbocycles. The van der Waals surface area contributed by atoms with Gasteiger partial charge >= 0.3 is 0 Å². The first-order valence-electron chi connectivity index (χ1n) is 15.5. The molecule has 204 valence electrons. The molecule has 0 aliphatic rings. The van der Waals surface area contributed by atoms with Crippen LogP contribution in [0.15, 0.2) is 85.0 Å². The highest BCUT2D eigenvalue weighted by Gasteiger charge is 2.27. The zero-order valence-corrected chi connectivity index (χ0v) is 24.3. The molecule has 0 saturated carbocycles. The van der Waals surface area contributed by atoms with E-state index in [-0.39, 0.29) is 0 Å². The second-order valence-electron chi connectivity index (χ2n) is 11.0. The summed E-state index contributed by atoms with van der Waals surface area (Å²) in [5.74, 6) is 0. The van der Waals surface area contributed by atoms with Crippen LogP contribution in [0.3, 0.4) is 0 Å². The molecule has 0 spiro atoms. The van der Waals surface area contributed by atoms with Gasteiger partial charge in [-0.25, -0.2) is 0 Å². The highest BCUT2D eigenvalue weighted by Crippen LogP contribution is 2.22. The van der Waals surface area contributed by atoms with E-state index >= 15 is 0 Å². The van der Waals surface area contributed by atoms with E-state index in [2.05, 4.69) is 98.8 Å². The Hall–Kier alpha value is -2.12. The molecule has 0 saturated heterocycles. The van der Waals surface area contributed by atoms with Gasteiger partial charge in [0.1, 0.15) is 13.1 Å². The Labute approximate surface area is 230 Å². The summed E-state index contributed by atoms with van der Waals surface area (Å²) in [5.41, 5.74) is 2.91. The number of quaternary nitrogens is 1. The summed E-state index contributed by atoms with van der Waals surface area (Å²) >= 11 is 0. The molecule has 0 bridgehead atoms. The Morgan fingerprint density at radius 1 is 0.459 bits per heavy atom. The second kappa shape index (κ2) is 20.9. The van der Waals surface area contributed by atoms with E-state index in [0.717, 1.165) is 30.4 Å². The van der Waals surface area contributed by atoms with Crippen LogP contribution in [-0.4, -0.2) is 17.6 Å². The summed E-state index contributed by atoms with van der Waals surface area (Å²) in [7, 11) is 0. The molecular weight excluding hydrogens is 446 g/mol. The van der Waals surface area contributed by atoms with Crippen LogP contribution in [0.25, 0.3) is 0 Å². The fourth-order valence-corrected chi connectivity index (χ4v) is 5.33. The van der Waals surface area contributed by atoms with Gasteiger partial charge in [0.2, 0.25) is 0 Å². The van der Waals surface area contributed by atoms with Gasteiger partial charge in [-0.2, -0.15) is 0 Å². The molecule has 0 fully saturated rings. The molecule has 2 aromatic rings. The summed E-state index contributed by atoms with van der Waals surface area (Å²) in [5, 5.41) is 0. The first-order chi connectivity index (χ1) is 18.3. The monoisotopic (exact) mass is 502 g/mol. The van der Waals surface area contributed by atoms with Crippen molar-refractivity contribution in [2.24, 2.45) is 0 Å². The van der Waals surface area contributed by atoms with E-state index < -0.39 is 0 Å². The molecule has 1 nitrogen and oxygen atoms in total. The smallest absolute Gasteiger partial charge is 0.105 e. The van der Waals surface area contributed by atoms with E-state index in [0.29, 0.717) is 0 Å². The molecular formula is C36H56N+. The number of hydrogen-bond donors (Lipinski definition) is 0. The van der Waals surface area contributed by atoms with Crippen LogP contribution in [0.1, 0.15) is 115 Å². The minimum Gasteiger partial charge on any atom is -0.316 e. The normalized spacial score (nSPS) is 12.2. The average Bonchev–Trinajstić information content (AvgIpc) is 2.92. The fourth-order valence-electron chi connectivity index (χ4n) is 5.33. The summed E-state index contributed by atoms with van der Waals surface area (Å²) in [6.07, 6.45) is 28.3. The molecule has 0 aromatic heterocycles. The van der Waals surface area contributed by atoms with Crippen LogP contribution in [0.2, 0.25) is 0 Å². The Balaban J connectivity index is 2.02. The topological polar surface area (TPSA) is 0 Å². The SMILES string of the molecule is CCCCCCC/C=C/CC[N+](CC/C=C/CCCCCCC)(Cc1ccccc1)Cc1ccccc1. The van der Waals surface area contributed by atoms with Crippen molar-refractivity contribution in [2.75, 3.05) is 13.1 Å². The molecule has 2 rings (SSSR count). The first kappa shape index (κ1) is 31.1. The van der Waals surface area contributed by atoms with E-state index in [1.165, 1.54) is 101 Å². The summed E-state index contributed by atoms with van der Waals surface area (Å²) < 4.78 is 1.12. The average molecular weight is 503 g/mol. The molecule has 0 unspecified atom stereocenters. The van der Waals surface area contributed by atoms with Gasteiger partial charge in [0.15, 0.2) is 0 Å². The zero-order valence-electron chi connectivity index (χ0n) is 24.3. The van der Waals surface area contributed by atoms with Crippen molar-refractivity contribution in [1.82, 2.24) is 0 Å². The standard InChI is InChI=1S/C36H56N/c1-3-5-7-9-11-13-15-17-25-31-37(33-35-27-21-19-22-28-35,34-36-29-23-20-24-30-36)32-26-18-16-14-12-10-8-6-4-2/h15-24,27-30H,3-14,25-26,31-34H2,1-2H3/q+1/b17-15+,18-16+. The maximum Gasteiger partial charge on any atom is 0.105 e. The van der Waals surface area contributed by atoms with Crippen LogP contribution in [0.5, 0.6) is 0 Å². The number of rotatable bonds is 22. The molecule has 37 heavy (non-hydrogen) atoms. The van der Waals surface area contributed by atoms with Gasteiger partial charge in [0.05, 0.1) is 13.1 Å². The van der Waals surface area contributed by atoms with Crippen molar-refractivity contribution in [3.8, 4) is 0 Å². The molecule has 0 N–H and O–H groups in total. The Bertz CT molecular complexity index is 749. The minimum atomic E-state index is 1.10. The fraction of sp³-hybridized carbons (Fsp3) is 0.556. The lowest BCUT2D eigenvalue weighted by atomic mass is 10.1. The van der Waals surface area contributed by atoms with Crippen molar-refractivity contribution in [3.63, 3.8) is 0 Å². The van der Waals surface area contributed by atoms with Crippen LogP contribution >= 0.6 is 0 Å². The van der Waals surface area contributed by atoms with E-state index in [9.17, 15) is 0 Å². The highest BCUT2D eigenvalue weighted by atomic mass is 15.3. The van der Waals surface area contributed by atoms with Gasteiger partial charge in [0, 0.05) is 24.0 Å². The van der Waals surface area contributed by atoms with Crippen LogP contribution < -0.4 is 0 Å². The molecule has 0 radical (unpaired) electrons. The van der Waals surface area contributed by atoms with Crippen molar-refractivity contribution in [3.05, 3.63) is 96.1 Å². The number of hydrogen-bond acceptors (Lipinski definition) is 0. The Morgan fingerprint density at radius 2 is 0.838 bits per heavy atom. The third-order valence-electron chi connectivity index (χ3n) is 7.54. The Morgan fingerprint density at radius 3 is 1.24 bits per heavy atom. The number of unbranched alkanes of at least 4 members (excludes halogenated alkanes) is 10. The first-order valence-corrected chi connectivity index (χ1v) is 15.5. The Kier molecular flexibility index (Phi) is 17.6. The van der Waals surface area contributed by atoms with Gasteiger partial charge in [-0.1, -0.05) is 150 Å². The van der Waals surface area contributed by atoms with E-state index in [1.807, 2.05) is 0 Å². The number of benzene rings is 2. The predicted molar refractivity (Wildman–Crippen MR) is 165 cm³/mol. The molecule has 0 atom stereocenters. The van der Waals surface area contributed by atoms with Gasteiger partial charge < -0.3 is 4.48 Å². The summed E-state index contributed by atoms with van der Waals surface area (Å²) in [6, 6.07) is 22.3. The van der Waals surface area contributed by atoms with Gasteiger partial charge in [-0.15, -0.1) is 0 Å². The van der Waals surface area contributed by atoms with E-state index in [4.69, 9.17) is 0 Å². The molecule has 2 aromatic carbocycles. The van der Waals surface area contributed by atoms with Crippen LogP contribution in [-0.2, 0) is 13.1 Å². The van der Waals surface area contributed by atoms with Crippen molar-refractivity contribution >= 4 is 0 Å². The minimum absolute atomic E-state index is 1.10. The van der Waals surface area contributed by atoms with E-state index in [1.54, 1.807) is 0 Å². The van der Waals surface area contributed by atoms with Crippen LogP contribution in [0, 0.1) is 0 Å². The second-order valence-corrected chi connectivity index (χ2v) is 11.0. The van der Waals surface area contributed by atoms with Gasteiger partial charge in [-0.3, -0.25) is 0 Å². The number of allylic oxidation sites excluding steroid dienone is 2. The highest BCUT2D eigenvalue weighted by molar-refractivity contribution is 5.15. The predicted octanol–water partition coefficient (Wildman–Crippen LogP) is 10.8. The third kappa shape index (κ3) is 15.0. The van der Waals surface area contributed by atoms with Crippen molar-refractivity contribution < 1.29 is 4.48 Å². The largest absolute Gasteiger partial charge is 0.316 e. The van der Waals surface area contributed by atoms with Crippen molar-refractivity contribution in [2.45, 2.75) is 117 Å². The quantitative estimate of drug-likeness (QED) is 0.0853. The third-order valence-corrected chi connectivity index (χ3v) is 7.54. The van der Waals surface area contributed by atoms with Crippen LogP contribution in [0.4, 0.5) is 0 Å². The molecule has 0 heterocycles. The lowest BCUT2D eigenvalue weighted by Gasteiger charge is -2.39. The molecule has 0 aliphatic heterocycles. The van der Waals surface area contributed by atoms with Gasteiger partial charge in [0.25, 0.3) is 0 Å². The summed E-state index contributed by atoms with van der Waals surface area (Å²) in [6.45, 7) is 9.18. The zero-order chi connectivity index (χ0) is 26.3. The maximum absolute atomic E-state index is 2.47. The van der Waals surface area contributed by atoms with Crippen molar-refractivity contribution in [1.29, 1.82) is 0 Å². The summed E-state index contributed by atoms with van der Waals surface area (Å²) in [4.78, 5) is 0. The lowest BCUT2D eigenvalue weighted by Crippen LogP contribution is -2.47. The maximum atomic E-state index is 2.47.